The number of thiazole rings is 1. The summed E-state index contributed by atoms with van der Waals surface area (Å²) in [6, 6.07) is 6.35. The molecule has 3 rings (SSSR count). The van der Waals surface area contributed by atoms with E-state index in [1.807, 2.05) is 13.8 Å². The van der Waals surface area contributed by atoms with Gasteiger partial charge in [-0.15, -0.1) is 6.58 Å². The third-order valence-corrected chi connectivity index (χ3v) is 4.78. The number of non-ortho nitro benzene ring substituents is 1. The van der Waals surface area contributed by atoms with Crippen LogP contribution in [0.4, 0.5) is 5.69 Å². The molecule has 26 heavy (non-hydrogen) atoms. The molecule has 0 fully saturated rings. The van der Waals surface area contributed by atoms with Crippen molar-refractivity contribution < 1.29 is 9.72 Å². The normalized spacial score (nSPS) is 12.0. The first-order valence-electron chi connectivity index (χ1n) is 7.93. The summed E-state index contributed by atoms with van der Waals surface area (Å²) in [6.45, 7) is 8.09. The number of nitro benzene ring substituents is 1. The van der Waals surface area contributed by atoms with Crippen LogP contribution in [0.1, 0.15) is 30.4 Å². The van der Waals surface area contributed by atoms with Gasteiger partial charge in [-0.25, -0.2) is 0 Å². The van der Waals surface area contributed by atoms with E-state index in [1.54, 1.807) is 33.7 Å². The number of aromatic nitrogens is 3. The second-order valence-electron chi connectivity index (χ2n) is 5.88. The summed E-state index contributed by atoms with van der Waals surface area (Å²) in [4.78, 5) is 27.6. The van der Waals surface area contributed by atoms with Gasteiger partial charge in [0.1, 0.15) is 0 Å². The number of nitrogens with zero attached hydrogens (tertiary/aromatic N) is 5. The number of hydrogen-bond acceptors (Lipinski definition) is 5. The maximum absolute atomic E-state index is 12.5. The zero-order valence-electron chi connectivity index (χ0n) is 14.3. The van der Waals surface area contributed by atoms with E-state index in [0.717, 1.165) is 5.52 Å². The summed E-state index contributed by atoms with van der Waals surface area (Å²) in [7, 11) is 0. The lowest BCUT2D eigenvalue weighted by Gasteiger charge is -2.02. The van der Waals surface area contributed by atoms with E-state index >= 15 is 0 Å². The molecular weight excluding hydrogens is 354 g/mol. The topological polar surface area (TPSA) is 95.3 Å². The number of carbonyl (C=O) groups is 1. The molecule has 9 heteroatoms. The van der Waals surface area contributed by atoms with Gasteiger partial charge in [0.2, 0.25) is 0 Å². The Morgan fingerprint density at radius 2 is 2.23 bits per heavy atom. The maximum Gasteiger partial charge on any atom is 0.300 e. The average molecular weight is 371 g/mol. The van der Waals surface area contributed by atoms with Crippen molar-refractivity contribution in [2.45, 2.75) is 26.4 Å². The van der Waals surface area contributed by atoms with Crippen molar-refractivity contribution in [3.8, 4) is 0 Å². The summed E-state index contributed by atoms with van der Waals surface area (Å²) in [6.07, 6.45) is 3.42. The van der Waals surface area contributed by atoms with E-state index in [2.05, 4.69) is 16.7 Å². The molecular formula is C17H17N5O3S. The molecule has 0 bridgehead atoms. The van der Waals surface area contributed by atoms with Crippen molar-refractivity contribution in [2.24, 2.45) is 4.99 Å². The van der Waals surface area contributed by atoms with Crippen LogP contribution in [0.3, 0.4) is 0 Å². The number of allylic oxidation sites excluding steroid dienone is 1. The molecule has 2 heterocycles. The molecule has 8 nitrogen and oxygen atoms in total. The quantitative estimate of drug-likeness (QED) is 0.390. The molecule has 1 amide bonds. The highest BCUT2D eigenvalue weighted by atomic mass is 32.1. The van der Waals surface area contributed by atoms with Crippen LogP contribution in [0, 0.1) is 10.1 Å². The van der Waals surface area contributed by atoms with Gasteiger partial charge in [0.15, 0.2) is 10.5 Å². The lowest BCUT2D eigenvalue weighted by atomic mass is 10.3. The fourth-order valence-corrected chi connectivity index (χ4v) is 3.52. The van der Waals surface area contributed by atoms with Crippen LogP contribution < -0.4 is 4.80 Å². The SMILES string of the molecule is C=CCn1c(=NC(=O)c2ccn(C(C)C)n2)sc2cc([N+](=O)[O-])ccc21. The van der Waals surface area contributed by atoms with Gasteiger partial charge in [0.05, 0.1) is 15.1 Å². The summed E-state index contributed by atoms with van der Waals surface area (Å²) in [5.41, 5.74) is 1.02. The minimum absolute atomic E-state index is 0.00180. The summed E-state index contributed by atoms with van der Waals surface area (Å²) in [5.74, 6) is -0.455. The minimum atomic E-state index is -0.455. The first-order valence-corrected chi connectivity index (χ1v) is 8.75. The van der Waals surface area contributed by atoms with Crippen molar-refractivity contribution in [1.29, 1.82) is 0 Å². The van der Waals surface area contributed by atoms with Crippen LogP contribution in [-0.4, -0.2) is 25.2 Å². The Bertz CT molecular complexity index is 1070. The first kappa shape index (κ1) is 17.7. The lowest BCUT2D eigenvalue weighted by Crippen LogP contribution is -2.16. The highest BCUT2D eigenvalue weighted by Crippen LogP contribution is 2.23. The summed E-state index contributed by atoms with van der Waals surface area (Å²) < 4.78 is 4.17. The number of fused-ring (bicyclic) bond motifs is 1. The van der Waals surface area contributed by atoms with Crippen LogP contribution >= 0.6 is 11.3 Å². The van der Waals surface area contributed by atoms with Gasteiger partial charge in [0.25, 0.3) is 11.6 Å². The van der Waals surface area contributed by atoms with E-state index in [-0.39, 0.29) is 17.4 Å². The predicted octanol–water partition coefficient (Wildman–Crippen LogP) is 3.32. The van der Waals surface area contributed by atoms with E-state index in [0.29, 0.717) is 16.0 Å². The molecule has 0 spiro atoms. The second-order valence-corrected chi connectivity index (χ2v) is 6.89. The number of benzene rings is 1. The van der Waals surface area contributed by atoms with E-state index in [1.165, 1.54) is 23.5 Å². The molecule has 0 aliphatic carbocycles. The molecule has 0 atom stereocenters. The Kier molecular flexibility index (Phi) is 4.81. The minimum Gasteiger partial charge on any atom is -0.312 e. The van der Waals surface area contributed by atoms with Crippen LogP contribution in [-0.2, 0) is 6.54 Å². The van der Waals surface area contributed by atoms with Crippen molar-refractivity contribution in [1.82, 2.24) is 14.3 Å². The molecule has 0 saturated heterocycles. The molecule has 3 aromatic rings. The fraction of sp³-hybridized carbons (Fsp3) is 0.235. The number of hydrogen-bond donors (Lipinski definition) is 0. The standard InChI is InChI=1S/C17H17N5O3S/c1-4-8-20-14-6-5-12(22(24)25)10-15(14)26-17(20)18-16(23)13-7-9-21(19-13)11(2)3/h4-7,9-11H,1,8H2,2-3H3. The number of rotatable bonds is 5. The van der Waals surface area contributed by atoms with Gasteiger partial charge in [-0.2, -0.15) is 10.1 Å². The number of nitro groups is 1. The van der Waals surface area contributed by atoms with E-state index < -0.39 is 10.8 Å². The van der Waals surface area contributed by atoms with Crippen LogP contribution in [0.5, 0.6) is 0 Å². The number of amides is 1. The zero-order valence-corrected chi connectivity index (χ0v) is 15.1. The highest BCUT2D eigenvalue weighted by molar-refractivity contribution is 7.16. The van der Waals surface area contributed by atoms with Crippen LogP contribution in [0.2, 0.25) is 0 Å². The van der Waals surface area contributed by atoms with Crippen LogP contribution in [0.15, 0.2) is 48.1 Å². The molecule has 0 radical (unpaired) electrons. The Labute approximate surface area is 152 Å². The van der Waals surface area contributed by atoms with Gasteiger partial charge < -0.3 is 4.57 Å². The summed E-state index contributed by atoms with van der Waals surface area (Å²) in [5, 5.41) is 15.2. The first-order chi connectivity index (χ1) is 12.4. The monoisotopic (exact) mass is 371 g/mol. The molecule has 0 saturated carbocycles. The highest BCUT2D eigenvalue weighted by Gasteiger charge is 2.14. The smallest absolute Gasteiger partial charge is 0.300 e. The van der Waals surface area contributed by atoms with Crippen molar-refractivity contribution in [3.63, 3.8) is 0 Å². The van der Waals surface area contributed by atoms with Crippen LogP contribution in [0.25, 0.3) is 10.2 Å². The average Bonchev–Trinajstić information content (AvgIpc) is 3.20. The van der Waals surface area contributed by atoms with Gasteiger partial charge >= 0.3 is 0 Å². The Hall–Kier alpha value is -3.07. The van der Waals surface area contributed by atoms with Gasteiger partial charge in [-0.3, -0.25) is 19.6 Å². The molecule has 134 valence electrons. The third-order valence-electron chi connectivity index (χ3n) is 3.74. The second kappa shape index (κ2) is 7.04. The predicted molar refractivity (Wildman–Crippen MR) is 99.2 cm³/mol. The molecule has 2 aromatic heterocycles. The Balaban J connectivity index is 2.10. The number of carbonyl (C=O) groups excluding carboxylic acids is 1. The molecule has 0 N–H and O–H groups in total. The Morgan fingerprint density at radius 1 is 1.46 bits per heavy atom. The van der Waals surface area contributed by atoms with Crippen molar-refractivity contribution in [3.05, 3.63) is 63.7 Å². The molecule has 0 aliphatic heterocycles. The lowest BCUT2D eigenvalue weighted by molar-refractivity contribution is -0.384. The summed E-state index contributed by atoms with van der Waals surface area (Å²) >= 11 is 1.22. The third kappa shape index (κ3) is 3.33. The zero-order chi connectivity index (χ0) is 18.8. The largest absolute Gasteiger partial charge is 0.312 e. The molecule has 0 aliphatic rings. The fourth-order valence-electron chi connectivity index (χ4n) is 2.45. The van der Waals surface area contributed by atoms with E-state index in [4.69, 9.17) is 0 Å². The molecule has 1 aromatic carbocycles. The van der Waals surface area contributed by atoms with Gasteiger partial charge in [-0.1, -0.05) is 17.4 Å². The van der Waals surface area contributed by atoms with Gasteiger partial charge in [0, 0.05) is 30.9 Å². The van der Waals surface area contributed by atoms with E-state index in [9.17, 15) is 14.9 Å². The van der Waals surface area contributed by atoms with Gasteiger partial charge in [-0.05, 0) is 26.0 Å². The van der Waals surface area contributed by atoms with Crippen molar-refractivity contribution in [2.75, 3.05) is 0 Å². The van der Waals surface area contributed by atoms with Crippen molar-refractivity contribution >= 4 is 33.1 Å². The Morgan fingerprint density at radius 3 is 2.85 bits per heavy atom. The molecule has 0 unspecified atom stereocenters. The maximum atomic E-state index is 12.5.